The third-order valence-electron chi connectivity index (χ3n) is 2.74. The Bertz CT molecular complexity index is 213. The van der Waals surface area contributed by atoms with E-state index in [9.17, 15) is 0 Å². The Morgan fingerprint density at radius 2 is 1.80 bits per heavy atom. The van der Waals surface area contributed by atoms with Crippen LogP contribution in [0.2, 0.25) is 8.94 Å². The summed E-state index contributed by atoms with van der Waals surface area (Å²) >= 11 is 5.34. The van der Waals surface area contributed by atoms with Gasteiger partial charge in [0.25, 0.3) is 0 Å². The summed E-state index contributed by atoms with van der Waals surface area (Å²) in [6.45, 7) is 4.94. The molecule has 0 radical (unpaired) electrons. The molecular weight excluding hydrogens is 451 g/mol. The summed E-state index contributed by atoms with van der Waals surface area (Å²) < 4.78 is 4.19. The molecule has 2 heterocycles. The molecule has 0 N–H and O–H groups in total. The van der Waals surface area contributed by atoms with Crippen molar-refractivity contribution in [2.24, 2.45) is 0 Å². The van der Waals surface area contributed by atoms with Gasteiger partial charge in [-0.25, -0.2) is 0 Å². The first-order valence-corrected chi connectivity index (χ1v) is 13.3. The molecule has 0 aromatic rings. The van der Waals surface area contributed by atoms with Crippen LogP contribution in [-0.4, -0.2) is 58.9 Å². The first-order valence-electron chi connectivity index (χ1n) is 5.77. The Morgan fingerprint density at radius 1 is 1.07 bits per heavy atom. The van der Waals surface area contributed by atoms with Crippen LogP contribution in [0.5, 0.6) is 0 Å². The van der Waals surface area contributed by atoms with Gasteiger partial charge in [0.1, 0.15) is 0 Å². The van der Waals surface area contributed by atoms with Gasteiger partial charge in [0.05, 0.1) is 0 Å². The maximum atomic E-state index is 2.47. The average Bonchev–Trinajstić information content (AvgIpc) is 2.60. The minimum atomic E-state index is 0.304. The number of hydrogen-bond donors (Lipinski definition) is 0. The molecule has 0 aliphatic carbocycles. The maximum absolute atomic E-state index is 2.47. The van der Waals surface area contributed by atoms with Gasteiger partial charge in [-0.2, -0.15) is 0 Å². The molecule has 3 unspecified atom stereocenters. The van der Waals surface area contributed by atoms with Gasteiger partial charge in [-0.15, -0.1) is 0 Å². The standard InChI is InChI=1S/C11H20S2Te2/c1-9-7-14-11(5-3-4-6-12-9)13-10(2)8-15-11/h9-10H,3-8H2,1-2H3. The van der Waals surface area contributed by atoms with Crippen LogP contribution in [0.3, 0.4) is 0 Å². The van der Waals surface area contributed by atoms with E-state index in [1.165, 1.54) is 18.6 Å². The van der Waals surface area contributed by atoms with Crippen LogP contribution in [0.4, 0.5) is 0 Å². The van der Waals surface area contributed by atoms with Crippen LogP contribution in [0.25, 0.3) is 0 Å². The predicted octanol–water partition coefficient (Wildman–Crippen LogP) is 3.33. The molecular formula is C11H20S2Te2. The SMILES string of the molecule is CC1C[Te]C2(CCCCS1)SC(C)C[Te]2. The van der Waals surface area contributed by atoms with Gasteiger partial charge >= 0.3 is 125 Å². The van der Waals surface area contributed by atoms with E-state index < -0.39 is 0 Å². The van der Waals surface area contributed by atoms with Gasteiger partial charge in [0.2, 0.25) is 0 Å². The van der Waals surface area contributed by atoms with Crippen molar-refractivity contribution in [3.63, 3.8) is 0 Å². The molecule has 0 nitrogen and oxygen atoms in total. The molecule has 2 aliphatic heterocycles. The van der Waals surface area contributed by atoms with Crippen LogP contribution >= 0.6 is 23.5 Å². The molecule has 2 saturated heterocycles. The third-order valence-corrected chi connectivity index (χ3v) is 21.7. The van der Waals surface area contributed by atoms with Crippen molar-refractivity contribution in [1.82, 2.24) is 0 Å². The van der Waals surface area contributed by atoms with Crippen molar-refractivity contribution in [2.45, 2.75) is 53.4 Å². The normalized spacial score (nSPS) is 43.6. The van der Waals surface area contributed by atoms with Crippen molar-refractivity contribution in [1.29, 1.82) is 0 Å². The van der Waals surface area contributed by atoms with E-state index in [1.54, 1.807) is 15.4 Å². The number of rotatable bonds is 0. The first-order chi connectivity index (χ1) is 7.20. The van der Waals surface area contributed by atoms with Crippen molar-refractivity contribution in [3.8, 4) is 0 Å². The molecule has 2 fully saturated rings. The van der Waals surface area contributed by atoms with Crippen molar-refractivity contribution >= 4 is 65.4 Å². The number of hydrogen-bond acceptors (Lipinski definition) is 2. The van der Waals surface area contributed by atoms with Crippen LogP contribution in [0.1, 0.15) is 33.1 Å². The second-order valence-electron chi connectivity index (χ2n) is 4.37. The van der Waals surface area contributed by atoms with Gasteiger partial charge in [-0.1, -0.05) is 0 Å². The van der Waals surface area contributed by atoms with Crippen LogP contribution in [0, 0.1) is 0 Å². The second kappa shape index (κ2) is 6.45. The average molecular weight is 472 g/mol. The molecule has 15 heavy (non-hydrogen) atoms. The summed E-state index contributed by atoms with van der Waals surface area (Å²) in [6, 6.07) is 0. The molecule has 0 aromatic carbocycles. The fourth-order valence-electron chi connectivity index (χ4n) is 1.92. The van der Waals surface area contributed by atoms with Gasteiger partial charge in [-0.05, 0) is 0 Å². The van der Waals surface area contributed by atoms with E-state index in [0.717, 1.165) is 11.3 Å². The molecule has 2 aliphatic rings. The quantitative estimate of drug-likeness (QED) is 0.497. The molecule has 2 rings (SSSR count). The summed E-state index contributed by atoms with van der Waals surface area (Å²) in [5.41, 5.74) is 0. The Kier molecular flexibility index (Phi) is 5.89. The molecule has 1 spiro atoms. The van der Waals surface area contributed by atoms with E-state index in [2.05, 4.69) is 37.4 Å². The van der Waals surface area contributed by atoms with E-state index >= 15 is 0 Å². The Balaban J connectivity index is 1.96. The fraction of sp³-hybridized carbons (Fsp3) is 1.00. The van der Waals surface area contributed by atoms with E-state index in [4.69, 9.17) is 0 Å². The summed E-state index contributed by atoms with van der Waals surface area (Å²) in [5.74, 6) is 1.44. The molecule has 3 atom stereocenters. The van der Waals surface area contributed by atoms with E-state index in [1.807, 2.05) is 0 Å². The van der Waals surface area contributed by atoms with Crippen molar-refractivity contribution < 1.29 is 0 Å². The summed E-state index contributed by atoms with van der Waals surface area (Å²) in [7, 11) is 0. The number of thioether (sulfide) groups is 2. The molecule has 0 aromatic heterocycles. The Hall–Kier alpha value is 2.28. The minimum absolute atomic E-state index is 0.304. The van der Waals surface area contributed by atoms with Gasteiger partial charge in [0, 0.05) is 0 Å². The van der Waals surface area contributed by atoms with Crippen LogP contribution in [-0.2, 0) is 0 Å². The topological polar surface area (TPSA) is 0 Å². The Morgan fingerprint density at radius 3 is 2.53 bits per heavy atom. The summed E-state index contributed by atoms with van der Waals surface area (Å²) in [5, 5.41) is 1.99. The zero-order valence-electron chi connectivity index (χ0n) is 9.53. The Labute approximate surface area is 123 Å². The zero-order chi connectivity index (χ0) is 10.7. The van der Waals surface area contributed by atoms with E-state index in [-0.39, 0.29) is 0 Å². The fourth-order valence-corrected chi connectivity index (χ4v) is 20.0. The summed E-state index contributed by atoms with van der Waals surface area (Å²) in [4.78, 5) is 0. The molecule has 0 saturated carbocycles. The summed E-state index contributed by atoms with van der Waals surface area (Å²) in [6.07, 6.45) is 4.64. The van der Waals surface area contributed by atoms with Crippen LogP contribution < -0.4 is 0 Å². The predicted molar refractivity (Wildman–Crippen MR) is 76.7 cm³/mol. The van der Waals surface area contributed by atoms with Gasteiger partial charge in [0.15, 0.2) is 0 Å². The molecule has 0 amide bonds. The van der Waals surface area contributed by atoms with Crippen molar-refractivity contribution in [3.05, 3.63) is 0 Å². The van der Waals surface area contributed by atoms with Gasteiger partial charge in [-0.3, -0.25) is 0 Å². The molecule has 0 bridgehead atoms. The van der Waals surface area contributed by atoms with E-state index in [0.29, 0.717) is 41.8 Å². The van der Waals surface area contributed by atoms with Gasteiger partial charge < -0.3 is 0 Å². The monoisotopic (exact) mass is 476 g/mol. The second-order valence-corrected chi connectivity index (χ2v) is 19.3. The third kappa shape index (κ3) is 4.15. The van der Waals surface area contributed by atoms with Crippen LogP contribution in [0.15, 0.2) is 0 Å². The molecule has 88 valence electrons. The molecule has 4 heteroatoms. The van der Waals surface area contributed by atoms with Crippen molar-refractivity contribution in [2.75, 3.05) is 5.75 Å². The first kappa shape index (κ1) is 13.7. The zero-order valence-corrected chi connectivity index (χ0v) is 15.8.